The number of benzene rings is 1. The number of ether oxygens (including phenoxy) is 1. The zero-order valence-corrected chi connectivity index (χ0v) is 10.6. The van der Waals surface area contributed by atoms with Gasteiger partial charge in [0.25, 0.3) is 0 Å². The fourth-order valence-corrected chi connectivity index (χ4v) is 1.95. The van der Waals surface area contributed by atoms with Crippen molar-refractivity contribution >= 4 is 11.5 Å². The summed E-state index contributed by atoms with van der Waals surface area (Å²) in [5.41, 5.74) is 4.79. The van der Waals surface area contributed by atoms with Crippen LogP contribution in [0.1, 0.15) is 19.3 Å². The lowest BCUT2D eigenvalue weighted by molar-refractivity contribution is -0.386. The Labute approximate surface area is 114 Å². The molecule has 0 radical (unpaired) electrons. The Morgan fingerprint density at radius 2 is 2.30 bits per heavy atom. The average molecular weight is 283 g/mol. The fraction of sp³-hybridized carbons (Fsp3) is 0.417. The first-order chi connectivity index (χ1) is 9.46. The topological polar surface area (TPSA) is 111 Å². The Hall–Kier alpha value is -2.38. The number of halogens is 1. The maximum Gasteiger partial charge on any atom is 0.313 e. The molecule has 7 nitrogen and oxygen atoms in total. The maximum atomic E-state index is 13.0. The van der Waals surface area contributed by atoms with Gasteiger partial charge in [-0.1, -0.05) is 5.16 Å². The van der Waals surface area contributed by atoms with Gasteiger partial charge in [0.2, 0.25) is 0 Å². The van der Waals surface area contributed by atoms with E-state index < -0.39 is 16.4 Å². The molecule has 3 N–H and O–H groups in total. The second-order valence-corrected chi connectivity index (χ2v) is 4.93. The number of oxime groups is 1. The molecule has 108 valence electrons. The minimum atomic E-state index is -0.693. The van der Waals surface area contributed by atoms with E-state index in [2.05, 4.69) is 5.16 Å². The van der Waals surface area contributed by atoms with Gasteiger partial charge in [-0.2, -0.15) is 0 Å². The van der Waals surface area contributed by atoms with Gasteiger partial charge in [0.1, 0.15) is 11.7 Å². The number of hydrogen-bond donors (Lipinski definition) is 2. The van der Waals surface area contributed by atoms with Crippen LogP contribution < -0.4 is 10.5 Å². The third-order valence-corrected chi connectivity index (χ3v) is 3.29. The molecule has 2 rings (SSSR count). The standard InChI is InChI=1S/C12H14FN3O4/c13-8-1-2-10(9(5-8)16(18)19)20-7-12(3-4-12)6-11(14)15-17/h1-2,5,17H,3-4,6-7H2,(H2,14,15). The van der Waals surface area contributed by atoms with Crippen molar-refractivity contribution in [3.8, 4) is 5.75 Å². The monoisotopic (exact) mass is 283 g/mol. The molecule has 0 bridgehead atoms. The van der Waals surface area contributed by atoms with Crippen LogP contribution in [0.3, 0.4) is 0 Å². The number of amidine groups is 1. The molecular formula is C12H14FN3O4. The Balaban J connectivity index is 2.06. The van der Waals surface area contributed by atoms with Gasteiger partial charge < -0.3 is 15.7 Å². The molecule has 8 heteroatoms. The average Bonchev–Trinajstić information content (AvgIpc) is 3.17. The van der Waals surface area contributed by atoms with Gasteiger partial charge >= 0.3 is 5.69 Å². The Kier molecular flexibility index (Phi) is 3.73. The molecule has 0 spiro atoms. The fourth-order valence-electron chi connectivity index (χ4n) is 1.95. The van der Waals surface area contributed by atoms with Crippen molar-refractivity contribution in [3.63, 3.8) is 0 Å². The van der Waals surface area contributed by atoms with Gasteiger partial charge in [-0.3, -0.25) is 10.1 Å². The van der Waals surface area contributed by atoms with E-state index in [1.807, 2.05) is 0 Å². The summed E-state index contributed by atoms with van der Waals surface area (Å²) in [7, 11) is 0. The molecule has 0 atom stereocenters. The van der Waals surface area contributed by atoms with E-state index >= 15 is 0 Å². The van der Waals surface area contributed by atoms with E-state index in [-0.39, 0.29) is 23.6 Å². The van der Waals surface area contributed by atoms with E-state index in [1.165, 1.54) is 6.07 Å². The largest absolute Gasteiger partial charge is 0.486 e. The molecule has 0 amide bonds. The third kappa shape index (κ3) is 3.14. The van der Waals surface area contributed by atoms with Gasteiger partial charge in [-0.15, -0.1) is 0 Å². The van der Waals surface area contributed by atoms with E-state index in [9.17, 15) is 14.5 Å². The van der Waals surface area contributed by atoms with Gasteiger partial charge in [0.05, 0.1) is 17.6 Å². The maximum absolute atomic E-state index is 13.0. The Morgan fingerprint density at radius 3 is 2.85 bits per heavy atom. The minimum absolute atomic E-state index is 0.0159. The normalized spacial score (nSPS) is 16.8. The van der Waals surface area contributed by atoms with Crippen molar-refractivity contribution < 1.29 is 19.3 Å². The number of nitro groups is 1. The van der Waals surface area contributed by atoms with E-state index in [0.717, 1.165) is 25.0 Å². The zero-order chi connectivity index (χ0) is 14.8. The quantitative estimate of drug-likeness (QED) is 0.273. The van der Waals surface area contributed by atoms with Crippen molar-refractivity contribution in [2.45, 2.75) is 19.3 Å². The lowest BCUT2D eigenvalue weighted by atomic mass is 10.0. The molecule has 1 aromatic carbocycles. The first-order valence-electron chi connectivity index (χ1n) is 5.99. The predicted molar refractivity (Wildman–Crippen MR) is 68.2 cm³/mol. The molecule has 1 aliphatic carbocycles. The Morgan fingerprint density at radius 1 is 1.60 bits per heavy atom. The van der Waals surface area contributed by atoms with Gasteiger partial charge in [0, 0.05) is 11.8 Å². The van der Waals surface area contributed by atoms with Gasteiger partial charge in [-0.05, 0) is 25.0 Å². The first-order valence-corrected chi connectivity index (χ1v) is 5.99. The van der Waals surface area contributed by atoms with Crippen molar-refractivity contribution in [2.24, 2.45) is 16.3 Å². The molecule has 20 heavy (non-hydrogen) atoms. The van der Waals surface area contributed by atoms with Crippen molar-refractivity contribution in [3.05, 3.63) is 34.1 Å². The summed E-state index contributed by atoms with van der Waals surface area (Å²) in [6.45, 7) is 0.204. The molecule has 0 saturated heterocycles. The number of nitrogens with zero attached hydrogens (tertiary/aromatic N) is 2. The summed E-state index contributed by atoms with van der Waals surface area (Å²) in [5, 5.41) is 22.3. The smallest absolute Gasteiger partial charge is 0.313 e. The second-order valence-electron chi connectivity index (χ2n) is 4.93. The zero-order valence-electron chi connectivity index (χ0n) is 10.6. The van der Waals surface area contributed by atoms with Crippen LogP contribution in [-0.4, -0.2) is 22.6 Å². The van der Waals surface area contributed by atoms with Crippen LogP contribution >= 0.6 is 0 Å². The van der Waals surface area contributed by atoms with Crippen LogP contribution in [0.5, 0.6) is 5.75 Å². The molecule has 0 unspecified atom stereocenters. The lowest BCUT2D eigenvalue weighted by Gasteiger charge is -2.15. The van der Waals surface area contributed by atoms with Crippen molar-refractivity contribution in [1.29, 1.82) is 0 Å². The van der Waals surface area contributed by atoms with Crippen LogP contribution in [0.2, 0.25) is 0 Å². The number of rotatable bonds is 6. The summed E-state index contributed by atoms with van der Waals surface area (Å²) in [6.07, 6.45) is 2.02. The second kappa shape index (κ2) is 5.32. The highest BCUT2D eigenvalue weighted by molar-refractivity contribution is 5.80. The number of nitro benzene ring substituents is 1. The van der Waals surface area contributed by atoms with E-state index in [4.69, 9.17) is 15.7 Å². The first kappa shape index (κ1) is 14.0. The molecule has 1 aliphatic rings. The van der Waals surface area contributed by atoms with E-state index in [1.54, 1.807) is 0 Å². The highest BCUT2D eigenvalue weighted by atomic mass is 19.1. The lowest BCUT2D eigenvalue weighted by Crippen LogP contribution is -2.22. The third-order valence-electron chi connectivity index (χ3n) is 3.29. The van der Waals surface area contributed by atoms with Crippen LogP contribution in [0.25, 0.3) is 0 Å². The molecule has 0 heterocycles. The van der Waals surface area contributed by atoms with Gasteiger partial charge in [-0.25, -0.2) is 4.39 Å². The molecule has 1 fully saturated rings. The Bertz CT molecular complexity index is 558. The molecule has 1 saturated carbocycles. The van der Waals surface area contributed by atoms with Crippen LogP contribution in [0.15, 0.2) is 23.4 Å². The van der Waals surface area contributed by atoms with Crippen LogP contribution in [-0.2, 0) is 0 Å². The van der Waals surface area contributed by atoms with E-state index in [0.29, 0.717) is 6.42 Å². The summed E-state index contributed by atoms with van der Waals surface area (Å²) < 4.78 is 18.4. The summed E-state index contributed by atoms with van der Waals surface area (Å²) in [5.74, 6) is -0.580. The van der Waals surface area contributed by atoms with Gasteiger partial charge in [0.15, 0.2) is 5.75 Å². The van der Waals surface area contributed by atoms with Crippen molar-refractivity contribution in [1.82, 2.24) is 0 Å². The van der Waals surface area contributed by atoms with Crippen LogP contribution in [0, 0.1) is 21.3 Å². The predicted octanol–water partition coefficient (Wildman–Crippen LogP) is 2.03. The van der Waals surface area contributed by atoms with Crippen LogP contribution in [0.4, 0.5) is 10.1 Å². The molecule has 1 aromatic rings. The molecule has 0 aromatic heterocycles. The highest BCUT2D eigenvalue weighted by Crippen LogP contribution is 2.49. The van der Waals surface area contributed by atoms with Crippen molar-refractivity contribution in [2.75, 3.05) is 6.61 Å². The summed E-state index contributed by atoms with van der Waals surface area (Å²) in [6, 6.07) is 3.15. The summed E-state index contributed by atoms with van der Waals surface area (Å²) in [4.78, 5) is 10.1. The minimum Gasteiger partial charge on any atom is -0.486 e. The SMILES string of the molecule is NC(CC1(COc2ccc(F)cc2[N+](=O)[O-])CC1)=NO. The molecular weight excluding hydrogens is 269 g/mol. The number of hydrogen-bond acceptors (Lipinski definition) is 5. The molecule has 0 aliphatic heterocycles. The number of nitrogens with two attached hydrogens (primary N) is 1. The highest BCUT2D eigenvalue weighted by Gasteiger charge is 2.44. The summed E-state index contributed by atoms with van der Waals surface area (Å²) >= 11 is 0.